The molecular weight excluding hydrogens is 520 g/mol. The van der Waals surface area contributed by atoms with Gasteiger partial charge in [-0.3, -0.25) is 9.36 Å². The van der Waals surface area contributed by atoms with Crippen LogP contribution in [0.2, 0.25) is 0 Å². The molecule has 1 aliphatic heterocycles. The van der Waals surface area contributed by atoms with Crippen molar-refractivity contribution in [3.63, 3.8) is 0 Å². The maximum absolute atomic E-state index is 13.9. The Hall–Kier alpha value is -4.31. The summed E-state index contributed by atoms with van der Waals surface area (Å²) in [4.78, 5) is 32.1. The van der Waals surface area contributed by atoms with E-state index < -0.39 is 12.0 Å². The summed E-state index contributed by atoms with van der Waals surface area (Å²) >= 11 is 1.23. The third-order valence-electron chi connectivity index (χ3n) is 6.09. The molecule has 0 radical (unpaired) electrons. The van der Waals surface area contributed by atoms with Crippen LogP contribution in [0.25, 0.3) is 6.08 Å². The fourth-order valence-corrected chi connectivity index (χ4v) is 5.37. The van der Waals surface area contributed by atoms with Gasteiger partial charge in [-0.2, -0.15) is 0 Å². The summed E-state index contributed by atoms with van der Waals surface area (Å²) in [5.74, 6) is 1.59. The van der Waals surface area contributed by atoms with Crippen molar-refractivity contribution in [1.29, 1.82) is 0 Å². The van der Waals surface area contributed by atoms with Crippen molar-refractivity contribution < 1.29 is 28.5 Å². The van der Waals surface area contributed by atoms with Crippen LogP contribution in [-0.4, -0.2) is 45.1 Å². The minimum atomic E-state index is -0.812. The Kier molecular flexibility index (Phi) is 8.55. The SMILES string of the molecule is C=CCOc1ccc(/C=c2\sc3n(c2=O)[C@@H](c2ccc(OC)cc2OC)C(C(=O)OCC)=C(C)N=3)cc1OC. The molecule has 1 atom stereocenters. The average molecular weight is 551 g/mol. The van der Waals surface area contributed by atoms with Crippen molar-refractivity contribution in [2.45, 2.75) is 19.9 Å². The van der Waals surface area contributed by atoms with Gasteiger partial charge < -0.3 is 23.7 Å². The first-order valence-electron chi connectivity index (χ1n) is 12.2. The van der Waals surface area contributed by atoms with Gasteiger partial charge in [-0.25, -0.2) is 9.79 Å². The number of hydrogen-bond donors (Lipinski definition) is 0. The van der Waals surface area contributed by atoms with Gasteiger partial charge in [-0.15, -0.1) is 0 Å². The van der Waals surface area contributed by atoms with E-state index in [-0.39, 0.29) is 17.7 Å². The van der Waals surface area contributed by atoms with Crippen LogP contribution in [0.5, 0.6) is 23.0 Å². The van der Waals surface area contributed by atoms with Gasteiger partial charge in [0.2, 0.25) is 0 Å². The van der Waals surface area contributed by atoms with Gasteiger partial charge in [-0.05, 0) is 49.8 Å². The Labute approximate surface area is 229 Å². The van der Waals surface area contributed by atoms with E-state index in [9.17, 15) is 9.59 Å². The first-order valence-corrected chi connectivity index (χ1v) is 13.0. The molecule has 0 aliphatic carbocycles. The molecule has 0 amide bonds. The van der Waals surface area contributed by atoms with Crippen molar-refractivity contribution in [1.82, 2.24) is 4.57 Å². The minimum Gasteiger partial charge on any atom is -0.497 e. The van der Waals surface area contributed by atoms with Gasteiger partial charge in [0.05, 0.1) is 43.7 Å². The van der Waals surface area contributed by atoms with Gasteiger partial charge in [0, 0.05) is 11.6 Å². The fraction of sp³-hybridized carbons (Fsp3) is 0.276. The van der Waals surface area contributed by atoms with E-state index >= 15 is 0 Å². The van der Waals surface area contributed by atoms with E-state index in [1.165, 1.54) is 23.0 Å². The molecule has 10 heteroatoms. The zero-order valence-corrected chi connectivity index (χ0v) is 23.3. The molecule has 2 heterocycles. The van der Waals surface area contributed by atoms with Crippen molar-refractivity contribution in [3.8, 4) is 23.0 Å². The molecule has 0 unspecified atom stereocenters. The number of rotatable bonds is 10. The second kappa shape index (κ2) is 12.0. The number of benzene rings is 2. The predicted octanol–water partition coefficient (Wildman–Crippen LogP) is 3.39. The van der Waals surface area contributed by atoms with Crippen molar-refractivity contribution >= 4 is 23.4 Å². The first-order chi connectivity index (χ1) is 18.9. The highest BCUT2D eigenvalue weighted by atomic mass is 32.1. The van der Waals surface area contributed by atoms with Crippen molar-refractivity contribution in [2.75, 3.05) is 34.5 Å². The average Bonchev–Trinajstić information content (AvgIpc) is 3.24. The highest BCUT2D eigenvalue weighted by molar-refractivity contribution is 7.07. The van der Waals surface area contributed by atoms with Gasteiger partial charge in [0.15, 0.2) is 16.3 Å². The second-order valence-electron chi connectivity index (χ2n) is 8.42. The second-order valence-corrected chi connectivity index (χ2v) is 9.43. The number of thiazole rings is 1. The minimum absolute atomic E-state index is 0.181. The largest absolute Gasteiger partial charge is 0.497 e. The number of ether oxygens (including phenoxy) is 5. The summed E-state index contributed by atoms with van der Waals surface area (Å²) < 4.78 is 29.4. The van der Waals surface area contributed by atoms with Gasteiger partial charge in [0.1, 0.15) is 24.1 Å². The number of nitrogens with zero attached hydrogens (tertiary/aromatic N) is 2. The maximum atomic E-state index is 13.9. The van der Waals surface area contributed by atoms with E-state index in [1.54, 1.807) is 70.6 Å². The molecular formula is C29H30N2O7S. The molecule has 0 saturated heterocycles. The Morgan fingerprint density at radius 3 is 2.51 bits per heavy atom. The monoisotopic (exact) mass is 550 g/mol. The van der Waals surface area contributed by atoms with E-state index in [4.69, 9.17) is 23.7 Å². The number of carbonyl (C=O) groups excluding carboxylic acids is 1. The van der Waals surface area contributed by atoms with E-state index in [0.29, 0.717) is 50.2 Å². The Balaban J connectivity index is 1.92. The quantitative estimate of drug-likeness (QED) is 0.282. The third kappa shape index (κ3) is 5.46. The van der Waals surface area contributed by atoms with Crippen LogP contribution in [0.4, 0.5) is 0 Å². The normalized spacial score (nSPS) is 14.8. The van der Waals surface area contributed by atoms with Gasteiger partial charge >= 0.3 is 5.97 Å². The number of hydrogen-bond acceptors (Lipinski definition) is 9. The van der Waals surface area contributed by atoms with Crippen LogP contribution in [0.3, 0.4) is 0 Å². The molecule has 0 saturated carbocycles. The summed E-state index contributed by atoms with van der Waals surface area (Å²) in [6.45, 7) is 7.65. The summed E-state index contributed by atoms with van der Waals surface area (Å²) in [7, 11) is 4.63. The smallest absolute Gasteiger partial charge is 0.338 e. The maximum Gasteiger partial charge on any atom is 0.338 e. The molecule has 0 spiro atoms. The van der Waals surface area contributed by atoms with E-state index in [0.717, 1.165) is 5.56 Å². The number of esters is 1. The van der Waals surface area contributed by atoms with Crippen LogP contribution in [0.1, 0.15) is 31.0 Å². The molecule has 204 valence electrons. The van der Waals surface area contributed by atoms with E-state index in [1.807, 2.05) is 6.07 Å². The standard InChI is InChI=1S/C29H30N2O7S/c1-7-13-38-21-12-9-18(14-23(21)36-6)15-24-27(32)31-26(20-11-10-19(34-4)16-22(20)35-5)25(28(33)37-8-2)17(3)30-29(31)39-24/h7,9-12,14-16,26H,1,8,13H2,2-6H3/b24-15-/t26-/m0/s1. The molecule has 1 aliphatic rings. The van der Waals surface area contributed by atoms with Gasteiger partial charge in [0.25, 0.3) is 5.56 Å². The zero-order chi connectivity index (χ0) is 28.1. The lowest BCUT2D eigenvalue weighted by atomic mass is 9.95. The lowest BCUT2D eigenvalue weighted by Gasteiger charge is -2.26. The van der Waals surface area contributed by atoms with Crippen LogP contribution in [0, 0.1) is 0 Å². The highest BCUT2D eigenvalue weighted by Crippen LogP contribution is 2.37. The third-order valence-corrected chi connectivity index (χ3v) is 7.08. The lowest BCUT2D eigenvalue weighted by Crippen LogP contribution is -2.40. The molecule has 2 aromatic carbocycles. The van der Waals surface area contributed by atoms with Crippen LogP contribution >= 0.6 is 11.3 Å². The van der Waals surface area contributed by atoms with Crippen molar-refractivity contribution in [3.05, 3.63) is 91.1 Å². The summed E-state index contributed by atoms with van der Waals surface area (Å²) in [6.07, 6.45) is 3.41. The van der Waals surface area contributed by atoms with Crippen LogP contribution in [-0.2, 0) is 9.53 Å². The molecule has 9 nitrogen and oxygen atoms in total. The number of fused-ring (bicyclic) bond motifs is 1. The number of methoxy groups -OCH3 is 3. The fourth-order valence-electron chi connectivity index (χ4n) is 4.32. The Bertz CT molecular complexity index is 1620. The van der Waals surface area contributed by atoms with Crippen LogP contribution < -0.4 is 33.8 Å². The van der Waals surface area contributed by atoms with E-state index in [2.05, 4.69) is 11.6 Å². The molecule has 0 fully saturated rings. The molecule has 0 bridgehead atoms. The van der Waals surface area contributed by atoms with Crippen LogP contribution in [0.15, 0.2) is 70.1 Å². The molecule has 0 N–H and O–H groups in total. The number of allylic oxidation sites excluding steroid dienone is 1. The molecule has 39 heavy (non-hydrogen) atoms. The zero-order valence-electron chi connectivity index (χ0n) is 22.5. The summed E-state index contributed by atoms with van der Waals surface area (Å²) in [6, 6.07) is 9.84. The molecule has 3 aromatic rings. The topological polar surface area (TPSA) is 97.6 Å². The highest BCUT2D eigenvalue weighted by Gasteiger charge is 2.35. The summed E-state index contributed by atoms with van der Waals surface area (Å²) in [5.41, 5.74) is 1.78. The van der Waals surface area contributed by atoms with Crippen molar-refractivity contribution in [2.24, 2.45) is 4.99 Å². The Morgan fingerprint density at radius 1 is 1.08 bits per heavy atom. The summed E-state index contributed by atoms with van der Waals surface area (Å²) in [5, 5.41) is 0. The number of aromatic nitrogens is 1. The molecule has 1 aromatic heterocycles. The predicted molar refractivity (Wildman–Crippen MR) is 149 cm³/mol. The molecule has 4 rings (SSSR count). The van der Waals surface area contributed by atoms with Gasteiger partial charge in [-0.1, -0.05) is 30.1 Å². The first kappa shape index (κ1) is 27.7. The number of carbonyl (C=O) groups is 1. The Morgan fingerprint density at radius 2 is 1.85 bits per heavy atom. The lowest BCUT2D eigenvalue weighted by molar-refractivity contribution is -0.139.